The number of nitrogens with one attached hydrogen (secondary N) is 2. The number of rotatable bonds is 5. The summed E-state index contributed by atoms with van der Waals surface area (Å²) in [7, 11) is 0. The summed E-state index contributed by atoms with van der Waals surface area (Å²) in [5.41, 5.74) is -1.79. The SMILES string of the molecule is O=C(O)CNC(=O)c1c(=O)cc(Sc2cccc3cc(C(F)(F)F)ccc23)n2[nH]cnc12. The predicted octanol–water partition coefficient (Wildman–Crippen LogP) is 3.16. The summed E-state index contributed by atoms with van der Waals surface area (Å²) in [5.74, 6) is -2.16. The van der Waals surface area contributed by atoms with Gasteiger partial charge in [-0.3, -0.25) is 19.5 Å². The number of fused-ring (bicyclic) bond motifs is 2. The van der Waals surface area contributed by atoms with Crippen molar-refractivity contribution in [1.82, 2.24) is 19.9 Å². The Bertz CT molecular complexity index is 1430. The molecular weight excluding hydrogens is 449 g/mol. The first kappa shape index (κ1) is 21.4. The normalized spacial score (nSPS) is 11.7. The van der Waals surface area contributed by atoms with Crippen LogP contribution in [0, 0.1) is 0 Å². The van der Waals surface area contributed by atoms with Crippen molar-refractivity contribution < 1.29 is 27.9 Å². The number of hydrogen-bond acceptors (Lipinski definition) is 5. The van der Waals surface area contributed by atoms with Crippen LogP contribution >= 0.6 is 11.8 Å². The van der Waals surface area contributed by atoms with Gasteiger partial charge in [-0.15, -0.1) is 0 Å². The van der Waals surface area contributed by atoms with Gasteiger partial charge < -0.3 is 10.4 Å². The van der Waals surface area contributed by atoms with Crippen molar-refractivity contribution in [3.05, 3.63) is 70.1 Å². The van der Waals surface area contributed by atoms with Crippen molar-refractivity contribution >= 4 is 40.1 Å². The van der Waals surface area contributed by atoms with Crippen molar-refractivity contribution in [2.45, 2.75) is 16.1 Å². The quantitative estimate of drug-likeness (QED) is 0.420. The monoisotopic (exact) mass is 462 g/mol. The average molecular weight is 462 g/mol. The number of carbonyl (C=O) groups excluding carboxylic acids is 1. The zero-order chi connectivity index (χ0) is 23.0. The fourth-order valence-electron chi connectivity index (χ4n) is 3.13. The fourth-order valence-corrected chi connectivity index (χ4v) is 4.20. The summed E-state index contributed by atoms with van der Waals surface area (Å²) in [5, 5.41) is 14.9. The van der Waals surface area contributed by atoms with Crippen LogP contribution < -0.4 is 10.7 Å². The number of H-pyrrole nitrogens is 1. The van der Waals surface area contributed by atoms with Crippen molar-refractivity contribution in [3.8, 4) is 0 Å². The lowest BCUT2D eigenvalue weighted by atomic mass is 10.1. The van der Waals surface area contributed by atoms with Crippen LogP contribution in [0.4, 0.5) is 13.2 Å². The fraction of sp³-hybridized carbons (Fsp3) is 0.100. The number of aromatic nitrogens is 3. The molecule has 164 valence electrons. The van der Waals surface area contributed by atoms with E-state index in [4.69, 9.17) is 5.11 Å². The van der Waals surface area contributed by atoms with Crippen molar-refractivity contribution in [2.24, 2.45) is 0 Å². The number of amides is 1. The molecule has 0 fully saturated rings. The van der Waals surface area contributed by atoms with E-state index in [-0.39, 0.29) is 11.2 Å². The predicted molar refractivity (Wildman–Crippen MR) is 109 cm³/mol. The van der Waals surface area contributed by atoms with Crippen molar-refractivity contribution in [3.63, 3.8) is 0 Å². The van der Waals surface area contributed by atoms with Crippen LogP contribution in [-0.2, 0) is 11.0 Å². The van der Waals surface area contributed by atoms with Crippen LogP contribution in [0.15, 0.2) is 63.5 Å². The smallest absolute Gasteiger partial charge is 0.416 e. The second kappa shape index (κ2) is 8.04. The zero-order valence-electron chi connectivity index (χ0n) is 15.9. The molecular formula is C20H13F3N4O4S. The molecule has 8 nitrogen and oxygen atoms in total. The molecule has 4 rings (SSSR count). The topological polar surface area (TPSA) is 117 Å². The Kier molecular flexibility index (Phi) is 5.38. The van der Waals surface area contributed by atoms with E-state index in [0.29, 0.717) is 20.7 Å². The highest BCUT2D eigenvalue weighted by Crippen LogP contribution is 2.36. The highest BCUT2D eigenvalue weighted by atomic mass is 32.2. The van der Waals surface area contributed by atoms with E-state index in [0.717, 1.165) is 23.9 Å². The van der Waals surface area contributed by atoms with Gasteiger partial charge >= 0.3 is 12.1 Å². The molecule has 0 spiro atoms. The maximum Gasteiger partial charge on any atom is 0.416 e. The Morgan fingerprint density at radius 2 is 1.97 bits per heavy atom. The van der Waals surface area contributed by atoms with Crippen molar-refractivity contribution in [1.29, 1.82) is 0 Å². The molecule has 12 heteroatoms. The minimum Gasteiger partial charge on any atom is -0.480 e. The highest BCUT2D eigenvalue weighted by molar-refractivity contribution is 7.99. The van der Waals surface area contributed by atoms with Gasteiger partial charge in [0.25, 0.3) is 5.91 Å². The largest absolute Gasteiger partial charge is 0.480 e. The molecule has 3 N–H and O–H groups in total. The van der Waals surface area contributed by atoms with Crippen molar-refractivity contribution in [2.75, 3.05) is 6.54 Å². The third kappa shape index (κ3) is 4.04. The summed E-state index contributed by atoms with van der Waals surface area (Å²) in [6.07, 6.45) is -3.21. The van der Waals surface area contributed by atoms with Crippen LogP contribution in [-0.4, -0.2) is 38.1 Å². The van der Waals surface area contributed by atoms with Crippen LogP contribution in [0.25, 0.3) is 16.4 Å². The number of aromatic amines is 1. The molecule has 0 atom stereocenters. The first-order valence-corrected chi connectivity index (χ1v) is 9.84. The Morgan fingerprint density at radius 3 is 2.69 bits per heavy atom. The number of carboxylic acids is 1. The lowest BCUT2D eigenvalue weighted by molar-refractivity contribution is -0.137. The number of aliphatic carboxylic acids is 1. The van der Waals surface area contributed by atoms with E-state index < -0.39 is 35.6 Å². The number of carboxylic acid groups (broad SMARTS) is 1. The molecule has 2 heterocycles. The zero-order valence-corrected chi connectivity index (χ0v) is 16.8. The second-order valence-corrected chi connectivity index (χ2v) is 7.70. The Hall–Kier alpha value is -3.80. The number of halogens is 3. The maximum atomic E-state index is 13.0. The molecule has 0 saturated carbocycles. The summed E-state index contributed by atoms with van der Waals surface area (Å²) < 4.78 is 40.5. The summed E-state index contributed by atoms with van der Waals surface area (Å²) >= 11 is 1.10. The lowest BCUT2D eigenvalue weighted by Crippen LogP contribution is -2.33. The molecule has 0 radical (unpaired) electrons. The van der Waals surface area contributed by atoms with E-state index in [1.54, 1.807) is 18.2 Å². The molecule has 0 saturated heterocycles. The van der Waals surface area contributed by atoms with E-state index in [2.05, 4.69) is 15.4 Å². The number of hydrogen-bond donors (Lipinski definition) is 3. The molecule has 2 aromatic carbocycles. The van der Waals surface area contributed by atoms with Gasteiger partial charge in [-0.1, -0.05) is 30.0 Å². The van der Waals surface area contributed by atoms with Gasteiger partial charge in [-0.25, -0.2) is 9.50 Å². The number of nitrogens with zero attached hydrogens (tertiary/aromatic N) is 2. The Labute approximate surface area is 181 Å². The standard InChI is InChI=1S/C20H13F3N4O4S/c21-20(22,23)11-4-5-12-10(6-11)2-1-3-14(12)32-15-7-13(28)17(18-25-9-26-27(15)18)19(31)24-8-16(29)30/h1-7,9H,8H2,(H,24,31)(H,25,26)(H,29,30). The lowest BCUT2D eigenvalue weighted by Gasteiger charge is -2.11. The van der Waals surface area contributed by atoms with Crippen LogP contribution in [0.1, 0.15) is 15.9 Å². The number of benzene rings is 2. The van der Waals surface area contributed by atoms with Gasteiger partial charge in [-0.2, -0.15) is 13.2 Å². The molecule has 0 aliphatic carbocycles. The number of carbonyl (C=O) groups is 2. The van der Waals surface area contributed by atoms with Gasteiger partial charge in [-0.05, 0) is 29.0 Å². The minimum absolute atomic E-state index is 0.0116. The molecule has 0 aliphatic rings. The van der Waals surface area contributed by atoms with E-state index >= 15 is 0 Å². The molecule has 2 aromatic heterocycles. The molecule has 0 unspecified atom stereocenters. The molecule has 4 aromatic rings. The van der Waals surface area contributed by atoms with Gasteiger partial charge in [0.15, 0.2) is 11.1 Å². The van der Waals surface area contributed by atoms with Gasteiger partial charge in [0.05, 0.1) is 5.56 Å². The van der Waals surface area contributed by atoms with Crippen LogP contribution in [0.3, 0.4) is 0 Å². The van der Waals surface area contributed by atoms with Gasteiger partial charge in [0.1, 0.15) is 23.5 Å². The third-order valence-corrected chi connectivity index (χ3v) is 5.63. The molecule has 1 amide bonds. The minimum atomic E-state index is -4.47. The van der Waals surface area contributed by atoms with Gasteiger partial charge in [0.2, 0.25) is 0 Å². The molecule has 0 bridgehead atoms. The summed E-state index contributed by atoms with van der Waals surface area (Å²) in [6.45, 7) is -0.665. The summed E-state index contributed by atoms with van der Waals surface area (Å²) in [6, 6.07) is 9.43. The number of alkyl halides is 3. The van der Waals surface area contributed by atoms with E-state index in [1.165, 1.54) is 23.0 Å². The summed E-state index contributed by atoms with van der Waals surface area (Å²) in [4.78, 5) is 40.2. The van der Waals surface area contributed by atoms with Crippen LogP contribution in [0.2, 0.25) is 0 Å². The van der Waals surface area contributed by atoms with Crippen LogP contribution in [0.5, 0.6) is 0 Å². The third-order valence-electron chi connectivity index (χ3n) is 4.54. The number of pyridine rings is 1. The maximum absolute atomic E-state index is 13.0. The Balaban J connectivity index is 1.76. The molecule has 0 aliphatic heterocycles. The average Bonchev–Trinajstić information content (AvgIpc) is 3.21. The highest BCUT2D eigenvalue weighted by Gasteiger charge is 2.30. The second-order valence-electron chi connectivity index (χ2n) is 6.64. The Morgan fingerprint density at radius 1 is 1.19 bits per heavy atom. The first-order valence-electron chi connectivity index (χ1n) is 9.02. The first-order chi connectivity index (χ1) is 15.1. The molecule has 32 heavy (non-hydrogen) atoms. The van der Waals surface area contributed by atoms with E-state index in [9.17, 15) is 27.6 Å². The van der Waals surface area contributed by atoms with Gasteiger partial charge in [0, 0.05) is 11.0 Å². The van der Waals surface area contributed by atoms with E-state index in [1.807, 2.05) is 0 Å².